The van der Waals surface area contributed by atoms with Crippen molar-refractivity contribution >= 4 is 5.91 Å². The summed E-state index contributed by atoms with van der Waals surface area (Å²) in [6, 6.07) is 10.1. The summed E-state index contributed by atoms with van der Waals surface area (Å²) in [5, 5.41) is 3.05. The minimum Gasteiger partial charge on any atom is -0.380 e. The van der Waals surface area contributed by atoms with Crippen LogP contribution in [-0.2, 0) is 9.53 Å². The third-order valence-corrected chi connectivity index (χ3v) is 3.95. The second-order valence-electron chi connectivity index (χ2n) is 6.49. The summed E-state index contributed by atoms with van der Waals surface area (Å²) in [6.45, 7) is 7.66. The second-order valence-corrected chi connectivity index (χ2v) is 6.49. The van der Waals surface area contributed by atoms with Crippen LogP contribution < -0.4 is 5.32 Å². The summed E-state index contributed by atoms with van der Waals surface area (Å²) in [5.74, 6) is 0.105. The Morgan fingerprint density at radius 2 is 2.05 bits per heavy atom. The Balaban J connectivity index is 1.69. The monoisotopic (exact) mass is 290 g/mol. The number of carbonyl (C=O) groups excluding carboxylic acids is 1. The molecular formula is C17H26N2O2. The van der Waals surface area contributed by atoms with E-state index in [9.17, 15) is 4.79 Å². The number of benzene rings is 1. The van der Waals surface area contributed by atoms with Crippen LogP contribution in [0, 0.1) is 5.41 Å². The molecule has 0 radical (unpaired) electrons. The van der Waals surface area contributed by atoms with Gasteiger partial charge in [0.25, 0.3) is 0 Å². The molecule has 116 valence electrons. The minimum absolute atomic E-state index is 0.0570. The second kappa shape index (κ2) is 7.05. The van der Waals surface area contributed by atoms with Crippen LogP contribution in [0.5, 0.6) is 0 Å². The molecule has 0 aromatic heterocycles. The molecule has 1 aromatic rings. The molecule has 1 N–H and O–H groups in total. The maximum Gasteiger partial charge on any atom is 0.221 e. The zero-order chi connectivity index (χ0) is 15.3. The molecule has 2 rings (SSSR count). The molecule has 1 aromatic carbocycles. The van der Waals surface area contributed by atoms with Crippen LogP contribution in [-0.4, -0.2) is 44.2 Å². The number of hydrogen-bond donors (Lipinski definition) is 1. The SMILES string of the molecule is CC(NC(=O)CCN(C)CC1(C)COC1)c1ccccc1. The average molecular weight is 290 g/mol. The van der Waals surface area contributed by atoms with E-state index in [0.717, 1.165) is 31.9 Å². The van der Waals surface area contributed by atoms with E-state index in [1.807, 2.05) is 37.3 Å². The van der Waals surface area contributed by atoms with Crippen molar-refractivity contribution in [3.05, 3.63) is 35.9 Å². The number of nitrogens with zero attached hydrogens (tertiary/aromatic N) is 1. The van der Waals surface area contributed by atoms with Crippen molar-refractivity contribution in [1.82, 2.24) is 10.2 Å². The van der Waals surface area contributed by atoms with Crippen LogP contribution in [0.2, 0.25) is 0 Å². The highest BCUT2D eigenvalue weighted by atomic mass is 16.5. The first-order valence-corrected chi connectivity index (χ1v) is 7.59. The predicted octanol–water partition coefficient (Wildman–Crippen LogP) is 2.22. The predicted molar refractivity (Wildman–Crippen MR) is 84.0 cm³/mol. The number of ether oxygens (including phenoxy) is 1. The number of hydrogen-bond acceptors (Lipinski definition) is 3. The zero-order valence-electron chi connectivity index (χ0n) is 13.3. The zero-order valence-corrected chi connectivity index (χ0v) is 13.3. The van der Waals surface area contributed by atoms with Gasteiger partial charge in [0.2, 0.25) is 5.91 Å². The van der Waals surface area contributed by atoms with E-state index in [4.69, 9.17) is 4.74 Å². The first-order valence-electron chi connectivity index (χ1n) is 7.59. The maximum absolute atomic E-state index is 12.0. The summed E-state index contributed by atoms with van der Waals surface area (Å²) >= 11 is 0. The van der Waals surface area contributed by atoms with Crippen LogP contribution in [0.15, 0.2) is 30.3 Å². The van der Waals surface area contributed by atoms with Gasteiger partial charge in [-0.3, -0.25) is 4.79 Å². The quantitative estimate of drug-likeness (QED) is 0.837. The lowest BCUT2D eigenvalue weighted by molar-refractivity contribution is -0.123. The van der Waals surface area contributed by atoms with Crippen LogP contribution in [0.3, 0.4) is 0 Å². The van der Waals surface area contributed by atoms with Gasteiger partial charge in [-0.15, -0.1) is 0 Å². The minimum atomic E-state index is 0.0570. The van der Waals surface area contributed by atoms with Gasteiger partial charge in [-0.25, -0.2) is 0 Å². The highest BCUT2D eigenvalue weighted by Crippen LogP contribution is 2.27. The summed E-state index contributed by atoms with van der Waals surface area (Å²) in [5.41, 5.74) is 1.40. The third kappa shape index (κ3) is 4.83. The van der Waals surface area contributed by atoms with Gasteiger partial charge in [0.15, 0.2) is 0 Å². The van der Waals surface area contributed by atoms with E-state index in [0.29, 0.717) is 6.42 Å². The standard InChI is InChI=1S/C17H26N2O2/c1-14(15-7-5-4-6-8-15)18-16(20)9-10-19(3)11-17(2)12-21-13-17/h4-8,14H,9-13H2,1-3H3,(H,18,20). The fourth-order valence-corrected chi connectivity index (χ4v) is 2.70. The Morgan fingerprint density at radius 1 is 1.38 bits per heavy atom. The smallest absolute Gasteiger partial charge is 0.221 e. The average Bonchev–Trinajstić information content (AvgIpc) is 2.44. The summed E-state index contributed by atoms with van der Waals surface area (Å²) in [4.78, 5) is 14.2. The van der Waals surface area contributed by atoms with Gasteiger partial charge in [-0.1, -0.05) is 37.3 Å². The maximum atomic E-state index is 12.0. The lowest BCUT2D eigenvalue weighted by Gasteiger charge is -2.40. The van der Waals surface area contributed by atoms with Gasteiger partial charge in [0.05, 0.1) is 19.3 Å². The summed E-state index contributed by atoms with van der Waals surface area (Å²) < 4.78 is 5.26. The molecule has 1 amide bonds. The van der Waals surface area contributed by atoms with Gasteiger partial charge < -0.3 is 15.0 Å². The first kappa shape index (κ1) is 16.0. The van der Waals surface area contributed by atoms with Crippen molar-refractivity contribution in [2.24, 2.45) is 5.41 Å². The molecule has 1 unspecified atom stereocenters. The molecule has 0 spiro atoms. The molecule has 0 aliphatic carbocycles. The number of nitrogens with one attached hydrogen (secondary N) is 1. The molecule has 4 heteroatoms. The van der Waals surface area contributed by atoms with Crippen molar-refractivity contribution in [3.8, 4) is 0 Å². The molecule has 1 fully saturated rings. The van der Waals surface area contributed by atoms with E-state index < -0.39 is 0 Å². The Bertz CT molecular complexity index is 457. The van der Waals surface area contributed by atoms with Crippen LogP contribution >= 0.6 is 0 Å². The summed E-state index contributed by atoms with van der Waals surface area (Å²) in [6.07, 6.45) is 0.532. The summed E-state index contributed by atoms with van der Waals surface area (Å²) in [7, 11) is 2.07. The van der Waals surface area contributed by atoms with E-state index >= 15 is 0 Å². The van der Waals surface area contributed by atoms with E-state index in [2.05, 4.69) is 24.2 Å². The lowest BCUT2D eigenvalue weighted by Crippen LogP contribution is -2.48. The van der Waals surface area contributed by atoms with Crippen molar-refractivity contribution < 1.29 is 9.53 Å². The van der Waals surface area contributed by atoms with Crippen molar-refractivity contribution in [2.45, 2.75) is 26.3 Å². The van der Waals surface area contributed by atoms with Gasteiger partial charge in [0.1, 0.15) is 0 Å². The Kier molecular flexibility index (Phi) is 5.37. The Labute approximate surface area is 127 Å². The number of carbonyl (C=O) groups is 1. The van der Waals surface area contributed by atoms with Crippen molar-refractivity contribution in [1.29, 1.82) is 0 Å². The fourth-order valence-electron chi connectivity index (χ4n) is 2.70. The molecule has 0 bridgehead atoms. The molecule has 1 saturated heterocycles. The molecule has 1 aliphatic rings. The van der Waals surface area contributed by atoms with E-state index in [1.165, 1.54) is 0 Å². The molecule has 0 saturated carbocycles. The van der Waals surface area contributed by atoms with Crippen LogP contribution in [0.25, 0.3) is 0 Å². The fraction of sp³-hybridized carbons (Fsp3) is 0.588. The molecule has 4 nitrogen and oxygen atoms in total. The van der Waals surface area contributed by atoms with Gasteiger partial charge in [-0.05, 0) is 19.5 Å². The molecule has 1 aliphatic heterocycles. The largest absolute Gasteiger partial charge is 0.380 e. The third-order valence-electron chi connectivity index (χ3n) is 3.95. The highest BCUT2D eigenvalue weighted by Gasteiger charge is 2.34. The number of rotatable bonds is 7. The molecule has 21 heavy (non-hydrogen) atoms. The van der Waals surface area contributed by atoms with E-state index in [1.54, 1.807) is 0 Å². The van der Waals surface area contributed by atoms with Gasteiger partial charge >= 0.3 is 0 Å². The van der Waals surface area contributed by atoms with E-state index in [-0.39, 0.29) is 17.4 Å². The highest BCUT2D eigenvalue weighted by molar-refractivity contribution is 5.76. The topological polar surface area (TPSA) is 41.6 Å². The normalized spacial score (nSPS) is 18.1. The first-order chi connectivity index (χ1) is 9.98. The molecule has 1 heterocycles. The molecule has 1 atom stereocenters. The van der Waals surface area contributed by atoms with Crippen molar-refractivity contribution in [3.63, 3.8) is 0 Å². The number of amides is 1. The van der Waals surface area contributed by atoms with Gasteiger partial charge in [-0.2, -0.15) is 0 Å². The Morgan fingerprint density at radius 3 is 2.62 bits per heavy atom. The Hall–Kier alpha value is -1.39. The van der Waals surface area contributed by atoms with Crippen LogP contribution in [0.4, 0.5) is 0 Å². The van der Waals surface area contributed by atoms with Crippen molar-refractivity contribution in [2.75, 3.05) is 33.4 Å². The molecular weight excluding hydrogens is 264 g/mol. The van der Waals surface area contributed by atoms with Crippen LogP contribution in [0.1, 0.15) is 31.9 Å². The van der Waals surface area contributed by atoms with Gasteiger partial charge in [0, 0.05) is 24.9 Å². The lowest BCUT2D eigenvalue weighted by atomic mass is 9.88.